The Kier molecular flexibility index (Phi) is 10.4. The van der Waals surface area contributed by atoms with Crippen molar-refractivity contribution < 1.29 is 59.5 Å². The summed E-state index contributed by atoms with van der Waals surface area (Å²) in [7, 11) is 0. The number of aldehydes is 1. The molecule has 0 aromatic heterocycles. The highest BCUT2D eigenvalue weighted by Crippen LogP contribution is 2.30. The Morgan fingerprint density at radius 1 is 0.839 bits per heavy atom. The molecule has 0 bridgehead atoms. The zero-order valence-corrected chi connectivity index (χ0v) is 17.1. The van der Waals surface area contributed by atoms with Crippen LogP contribution in [0.15, 0.2) is 12.2 Å². The number of rotatable bonds is 10. The summed E-state index contributed by atoms with van der Waals surface area (Å²) in [6.07, 6.45) is -10.7. The van der Waals surface area contributed by atoms with Gasteiger partial charge in [-0.05, 0) is 13.3 Å². The molecule has 2 heterocycles. The van der Waals surface area contributed by atoms with E-state index in [0.717, 1.165) is 6.29 Å². The molecule has 2 saturated heterocycles. The highest BCUT2D eigenvalue weighted by molar-refractivity contribution is 5.51. The summed E-state index contributed by atoms with van der Waals surface area (Å²) < 4.78 is 22.1. The maximum absolute atomic E-state index is 10.5. The van der Waals surface area contributed by atoms with E-state index in [1.54, 1.807) is 19.1 Å². The fourth-order valence-corrected chi connectivity index (χ4v) is 3.37. The van der Waals surface area contributed by atoms with Crippen molar-refractivity contribution >= 4 is 6.29 Å². The number of hydrogen-bond donors (Lipinski definition) is 7. The molecular weight excluding hydrogens is 420 g/mol. The lowest BCUT2D eigenvalue weighted by Crippen LogP contribution is -2.64. The van der Waals surface area contributed by atoms with E-state index < -0.39 is 80.7 Å². The van der Waals surface area contributed by atoms with Crippen molar-refractivity contribution in [3.8, 4) is 0 Å². The van der Waals surface area contributed by atoms with E-state index in [-0.39, 0.29) is 6.42 Å². The van der Waals surface area contributed by atoms with Gasteiger partial charge in [0, 0.05) is 6.42 Å². The number of aliphatic hydroxyl groups excluding tert-OH is 7. The lowest BCUT2D eigenvalue weighted by molar-refractivity contribution is -0.370. The van der Waals surface area contributed by atoms with Crippen molar-refractivity contribution in [2.24, 2.45) is 0 Å². The van der Waals surface area contributed by atoms with E-state index in [1.807, 2.05) is 0 Å². The van der Waals surface area contributed by atoms with Crippen molar-refractivity contribution in [3.63, 3.8) is 0 Å². The maximum Gasteiger partial charge on any atom is 0.187 e. The number of hydrogen-bond acceptors (Lipinski definition) is 12. The van der Waals surface area contributed by atoms with Gasteiger partial charge >= 0.3 is 0 Å². The molecule has 0 radical (unpaired) electrons. The zero-order chi connectivity index (χ0) is 23.1. The average molecular weight is 452 g/mol. The lowest BCUT2D eigenvalue weighted by Gasteiger charge is -2.46. The molecule has 12 nitrogen and oxygen atoms in total. The number of aliphatic hydroxyl groups is 7. The topological polar surface area (TPSA) is 196 Å². The minimum absolute atomic E-state index is 0.243. The number of carbonyl (C=O) groups is 1. The van der Waals surface area contributed by atoms with Gasteiger partial charge in [0.2, 0.25) is 0 Å². The highest BCUT2D eigenvalue weighted by atomic mass is 16.8. The molecule has 7 N–H and O–H groups in total. The number of allylic oxidation sites excluding steroid dienone is 1. The van der Waals surface area contributed by atoms with E-state index in [2.05, 4.69) is 0 Å². The van der Waals surface area contributed by atoms with E-state index in [4.69, 9.17) is 18.9 Å². The molecule has 12 heteroatoms. The predicted octanol–water partition coefficient (Wildman–Crippen LogP) is -3.45. The van der Waals surface area contributed by atoms with Crippen LogP contribution in [0.25, 0.3) is 0 Å². The fraction of sp³-hybridized carbons (Fsp3) is 0.842. The third-order valence-electron chi connectivity index (χ3n) is 5.20. The molecule has 11 atom stereocenters. The first-order valence-corrected chi connectivity index (χ1v) is 10.1. The molecule has 2 rings (SSSR count). The van der Waals surface area contributed by atoms with Crippen LogP contribution in [0.2, 0.25) is 0 Å². The summed E-state index contributed by atoms with van der Waals surface area (Å²) in [6.45, 7) is 0.400. The molecule has 0 amide bonds. The molecular formula is C19H32O12. The second-order valence-corrected chi connectivity index (χ2v) is 7.56. The van der Waals surface area contributed by atoms with Crippen molar-refractivity contribution in [1.82, 2.24) is 0 Å². The van der Waals surface area contributed by atoms with Crippen LogP contribution in [-0.4, -0.2) is 123 Å². The molecule has 11 unspecified atom stereocenters. The van der Waals surface area contributed by atoms with Gasteiger partial charge in [0.15, 0.2) is 12.6 Å². The quantitative estimate of drug-likeness (QED) is 0.128. The van der Waals surface area contributed by atoms with Crippen LogP contribution >= 0.6 is 0 Å². The van der Waals surface area contributed by atoms with Gasteiger partial charge in [0.25, 0.3) is 0 Å². The van der Waals surface area contributed by atoms with Crippen molar-refractivity contribution in [2.45, 2.75) is 87.3 Å². The van der Waals surface area contributed by atoms with Gasteiger partial charge in [-0.1, -0.05) is 12.2 Å². The molecule has 0 aromatic carbocycles. The van der Waals surface area contributed by atoms with E-state index in [1.165, 1.54) is 0 Å². The fourth-order valence-electron chi connectivity index (χ4n) is 3.37. The average Bonchev–Trinajstić information content (AvgIpc) is 2.76. The van der Waals surface area contributed by atoms with Crippen LogP contribution < -0.4 is 0 Å². The van der Waals surface area contributed by atoms with Gasteiger partial charge in [-0.3, -0.25) is 0 Å². The summed E-state index contributed by atoms with van der Waals surface area (Å²) in [6, 6.07) is 0. The Bertz CT molecular complexity index is 572. The molecule has 0 aromatic rings. The van der Waals surface area contributed by atoms with Crippen molar-refractivity contribution in [1.29, 1.82) is 0 Å². The lowest BCUT2D eigenvalue weighted by atomic mass is 9.97. The number of ether oxygens (including phenoxy) is 4. The predicted molar refractivity (Wildman–Crippen MR) is 101 cm³/mol. The molecule has 0 saturated carbocycles. The smallest absolute Gasteiger partial charge is 0.187 e. The summed E-state index contributed by atoms with van der Waals surface area (Å²) >= 11 is 0. The molecule has 0 spiro atoms. The standard InChI is InChI=1S/C19H32O12/c1-9(5-3-2-4-6-20)28-19-17(15(26)13(24)11(8-22)30-19)31-18-16(27)14(25)12(23)10(7-21)29-18/h2-3,6,9-19,21-27H,4-5,7-8H2,1H3. The monoisotopic (exact) mass is 452 g/mol. The zero-order valence-electron chi connectivity index (χ0n) is 17.1. The SMILES string of the molecule is CC(CC=CCC=O)OC1OC(CO)C(O)C(O)C1OC1OC(CO)C(O)C(O)C1O. The molecule has 2 aliphatic rings. The highest BCUT2D eigenvalue weighted by Gasteiger charge is 2.51. The van der Waals surface area contributed by atoms with Crippen molar-refractivity contribution in [2.75, 3.05) is 13.2 Å². The minimum atomic E-state index is -1.73. The van der Waals surface area contributed by atoms with Crippen LogP contribution in [0.4, 0.5) is 0 Å². The summed E-state index contributed by atoms with van der Waals surface area (Å²) in [4.78, 5) is 10.4. The first-order valence-electron chi connectivity index (χ1n) is 10.1. The third kappa shape index (κ3) is 6.49. The second-order valence-electron chi connectivity index (χ2n) is 7.56. The Hall–Kier alpha value is -1.03. The molecule has 0 aliphatic carbocycles. The molecule has 2 aliphatic heterocycles. The molecule has 180 valence electrons. The van der Waals surface area contributed by atoms with Crippen LogP contribution in [0.3, 0.4) is 0 Å². The van der Waals surface area contributed by atoms with Gasteiger partial charge in [0.1, 0.15) is 55.1 Å². The third-order valence-corrected chi connectivity index (χ3v) is 5.20. The summed E-state index contributed by atoms with van der Waals surface area (Å²) in [5, 5.41) is 69.5. The van der Waals surface area contributed by atoms with Crippen LogP contribution in [0, 0.1) is 0 Å². The largest absolute Gasteiger partial charge is 0.394 e. The Labute approximate surface area is 179 Å². The van der Waals surface area contributed by atoms with Crippen LogP contribution in [0.5, 0.6) is 0 Å². The Morgan fingerprint density at radius 3 is 2.00 bits per heavy atom. The number of carbonyl (C=O) groups excluding carboxylic acids is 1. The minimum Gasteiger partial charge on any atom is -0.394 e. The van der Waals surface area contributed by atoms with Gasteiger partial charge < -0.3 is 59.5 Å². The van der Waals surface area contributed by atoms with Crippen molar-refractivity contribution in [3.05, 3.63) is 12.2 Å². The first-order chi connectivity index (χ1) is 14.7. The van der Waals surface area contributed by atoms with Crippen LogP contribution in [0.1, 0.15) is 19.8 Å². The van der Waals surface area contributed by atoms with Gasteiger partial charge in [-0.25, -0.2) is 0 Å². The Balaban J connectivity index is 2.14. The second kappa shape index (κ2) is 12.3. The Morgan fingerprint density at radius 2 is 1.42 bits per heavy atom. The van der Waals surface area contributed by atoms with Gasteiger partial charge in [-0.15, -0.1) is 0 Å². The van der Waals surface area contributed by atoms with E-state index in [9.17, 15) is 40.5 Å². The summed E-state index contributed by atoms with van der Waals surface area (Å²) in [5.41, 5.74) is 0. The molecule has 2 fully saturated rings. The van der Waals surface area contributed by atoms with E-state index >= 15 is 0 Å². The maximum atomic E-state index is 10.5. The van der Waals surface area contributed by atoms with Gasteiger partial charge in [0.05, 0.1) is 19.3 Å². The van der Waals surface area contributed by atoms with E-state index in [0.29, 0.717) is 6.42 Å². The normalized spacial score (nSPS) is 42.6. The van der Waals surface area contributed by atoms with Gasteiger partial charge in [-0.2, -0.15) is 0 Å². The molecule has 31 heavy (non-hydrogen) atoms. The first kappa shape index (κ1) is 26.2. The summed E-state index contributed by atoms with van der Waals surface area (Å²) in [5.74, 6) is 0. The van der Waals surface area contributed by atoms with Crippen LogP contribution in [-0.2, 0) is 23.7 Å².